The molecule has 3 rings (SSSR count). The fraction of sp³-hybridized carbons (Fsp3) is 0.375. The van der Waals surface area contributed by atoms with Gasteiger partial charge >= 0.3 is 0 Å². The number of ether oxygens (including phenoxy) is 2. The molecule has 32 heavy (non-hydrogen) atoms. The van der Waals surface area contributed by atoms with E-state index in [0.29, 0.717) is 35.8 Å². The van der Waals surface area contributed by atoms with E-state index in [0.717, 1.165) is 12.8 Å². The minimum atomic E-state index is -0.376. The predicted molar refractivity (Wildman–Crippen MR) is 128 cm³/mol. The molecule has 0 unspecified atom stereocenters. The largest absolute Gasteiger partial charge is 0.490 e. The first-order valence-electron chi connectivity index (χ1n) is 10.8. The molecular formula is C24H29N3O4S. The first kappa shape index (κ1) is 23.7. The first-order valence-corrected chi connectivity index (χ1v) is 11.2. The van der Waals surface area contributed by atoms with E-state index in [1.165, 1.54) is 19.3 Å². The second-order valence-electron chi connectivity index (χ2n) is 7.63. The highest BCUT2D eigenvalue weighted by atomic mass is 32.1. The molecule has 1 aliphatic rings. The van der Waals surface area contributed by atoms with Crippen LogP contribution in [-0.2, 0) is 4.74 Å². The molecule has 2 aromatic carbocycles. The highest BCUT2D eigenvalue weighted by molar-refractivity contribution is 7.80. The molecular weight excluding hydrogens is 426 g/mol. The van der Waals surface area contributed by atoms with Gasteiger partial charge in [-0.1, -0.05) is 31.4 Å². The predicted octanol–water partition coefficient (Wildman–Crippen LogP) is 3.90. The van der Waals surface area contributed by atoms with Gasteiger partial charge in [-0.2, -0.15) is 0 Å². The molecule has 2 amide bonds. The molecule has 0 aliphatic heterocycles. The maximum absolute atomic E-state index is 12.6. The molecule has 8 heteroatoms. The quantitative estimate of drug-likeness (QED) is 0.413. The Kier molecular flexibility index (Phi) is 9.01. The van der Waals surface area contributed by atoms with E-state index in [9.17, 15) is 9.59 Å². The monoisotopic (exact) mass is 455 g/mol. The van der Waals surface area contributed by atoms with Crippen molar-refractivity contribution in [2.75, 3.05) is 25.6 Å². The lowest BCUT2D eigenvalue weighted by atomic mass is 9.95. The lowest BCUT2D eigenvalue weighted by molar-refractivity contribution is 0.0926. The van der Waals surface area contributed by atoms with Crippen LogP contribution >= 0.6 is 12.2 Å². The van der Waals surface area contributed by atoms with Crippen LogP contribution in [-0.4, -0.2) is 43.3 Å². The van der Waals surface area contributed by atoms with Gasteiger partial charge < -0.3 is 20.1 Å². The van der Waals surface area contributed by atoms with Crippen LogP contribution in [0, 0.1) is 0 Å². The molecule has 0 heterocycles. The Labute approximate surface area is 193 Å². The van der Waals surface area contributed by atoms with E-state index in [1.54, 1.807) is 55.6 Å². The van der Waals surface area contributed by atoms with Crippen LogP contribution in [0.25, 0.3) is 0 Å². The van der Waals surface area contributed by atoms with Gasteiger partial charge in [0.05, 0.1) is 12.2 Å². The molecule has 0 radical (unpaired) electrons. The third-order valence-electron chi connectivity index (χ3n) is 5.25. The summed E-state index contributed by atoms with van der Waals surface area (Å²) < 4.78 is 10.6. The lowest BCUT2D eigenvalue weighted by Crippen LogP contribution is -2.36. The van der Waals surface area contributed by atoms with Crippen molar-refractivity contribution in [3.63, 3.8) is 0 Å². The van der Waals surface area contributed by atoms with Gasteiger partial charge in [0.1, 0.15) is 12.4 Å². The maximum Gasteiger partial charge on any atom is 0.261 e. The highest BCUT2D eigenvalue weighted by Crippen LogP contribution is 2.19. The second kappa shape index (κ2) is 12.2. The van der Waals surface area contributed by atoms with Gasteiger partial charge in [-0.05, 0) is 61.5 Å². The number of carbonyl (C=O) groups excluding carboxylic acids is 2. The van der Waals surface area contributed by atoms with Gasteiger partial charge in [-0.25, -0.2) is 0 Å². The number of carbonyl (C=O) groups is 2. The normalized spacial score (nSPS) is 13.8. The van der Waals surface area contributed by atoms with E-state index in [1.807, 2.05) is 0 Å². The summed E-state index contributed by atoms with van der Waals surface area (Å²) >= 11 is 5.27. The summed E-state index contributed by atoms with van der Waals surface area (Å²) in [4.78, 5) is 25.1. The number of amides is 2. The fourth-order valence-electron chi connectivity index (χ4n) is 3.57. The zero-order valence-corrected chi connectivity index (χ0v) is 19.0. The van der Waals surface area contributed by atoms with E-state index in [2.05, 4.69) is 16.0 Å². The molecule has 7 nitrogen and oxygen atoms in total. The van der Waals surface area contributed by atoms with Crippen LogP contribution < -0.4 is 20.7 Å². The molecule has 1 aliphatic carbocycles. The van der Waals surface area contributed by atoms with Crippen LogP contribution in [0.2, 0.25) is 0 Å². The van der Waals surface area contributed by atoms with Crippen molar-refractivity contribution < 1.29 is 19.1 Å². The number of methoxy groups -OCH3 is 1. The van der Waals surface area contributed by atoms with Gasteiger partial charge in [-0.3, -0.25) is 14.9 Å². The summed E-state index contributed by atoms with van der Waals surface area (Å²) in [6.07, 6.45) is 5.66. The molecule has 2 aromatic rings. The number of nitrogens with one attached hydrogen (secondary N) is 3. The average molecular weight is 456 g/mol. The maximum atomic E-state index is 12.6. The highest BCUT2D eigenvalue weighted by Gasteiger charge is 2.17. The number of rotatable bonds is 8. The molecule has 0 saturated heterocycles. The lowest BCUT2D eigenvalue weighted by Gasteiger charge is -2.22. The van der Waals surface area contributed by atoms with Crippen molar-refractivity contribution >= 4 is 34.8 Å². The minimum absolute atomic E-state index is 0.0654. The molecule has 1 saturated carbocycles. The van der Waals surface area contributed by atoms with E-state index < -0.39 is 0 Å². The molecule has 170 valence electrons. The second-order valence-corrected chi connectivity index (χ2v) is 8.04. The van der Waals surface area contributed by atoms with Crippen molar-refractivity contribution in [3.8, 4) is 5.75 Å². The number of thiocarbonyl (C=S) groups is 1. The van der Waals surface area contributed by atoms with Gasteiger partial charge in [0.2, 0.25) is 0 Å². The standard InChI is InChI=1S/C24H29N3O4S/c1-30-15-16-31-21-10-6-5-9-20(21)23(29)27-24(32)26-19-13-11-17(12-14-19)22(28)25-18-7-3-2-4-8-18/h5-6,9-14,18H,2-4,7-8,15-16H2,1H3,(H,25,28)(H2,26,27,29,32). The summed E-state index contributed by atoms with van der Waals surface area (Å²) in [6, 6.07) is 14.2. The van der Waals surface area contributed by atoms with Crippen LogP contribution in [0.4, 0.5) is 5.69 Å². The molecule has 0 spiro atoms. The Morgan fingerprint density at radius 1 is 0.969 bits per heavy atom. The Balaban J connectivity index is 1.52. The summed E-state index contributed by atoms with van der Waals surface area (Å²) in [7, 11) is 1.59. The molecule has 0 aromatic heterocycles. The number of benzene rings is 2. The van der Waals surface area contributed by atoms with Gasteiger partial charge in [0.15, 0.2) is 5.11 Å². The van der Waals surface area contributed by atoms with Gasteiger partial charge in [-0.15, -0.1) is 0 Å². The van der Waals surface area contributed by atoms with Crippen LogP contribution in [0.15, 0.2) is 48.5 Å². The fourth-order valence-corrected chi connectivity index (χ4v) is 3.78. The Morgan fingerprint density at radius 3 is 2.41 bits per heavy atom. The summed E-state index contributed by atoms with van der Waals surface area (Å²) in [6.45, 7) is 0.759. The van der Waals surface area contributed by atoms with Gasteiger partial charge in [0.25, 0.3) is 11.8 Å². The Bertz CT molecular complexity index is 927. The van der Waals surface area contributed by atoms with Crippen LogP contribution in [0.3, 0.4) is 0 Å². The van der Waals surface area contributed by atoms with E-state index >= 15 is 0 Å². The first-order chi connectivity index (χ1) is 15.6. The average Bonchev–Trinajstić information content (AvgIpc) is 2.80. The molecule has 1 fully saturated rings. The van der Waals surface area contributed by atoms with Crippen LogP contribution in [0.5, 0.6) is 5.75 Å². The smallest absolute Gasteiger partial charge is 0.261 e. The van der Waals surface area contributed by atoms with E-state index in [4.69, 9.17) is 21.7 Å². The molecule has 0 atom stereocenters. The van der Waals surface area contributed by atoms with Crippen molar-refractivity contribution in [1.29, 1.82) is 0 Å². The summed E-state index contributed by atoms with van der Waals surface area (Å²) in [5.74, 6) is 0.0154. The molecule has 3 N–H and O–H groups in total. The Morgan fingerprint density at radius 2 is 1.69 bits per heavy atom. The Hall–Kier alpha value is -2.97. The zero-order valence-electron chi connectivity index (χ0n) is 18.2. The summed E-state index contributed by atoms with van der Waals surface area (Å²) in [5, 5.41) is 8.88. The number of anilines is 1. The number of para-hydroxylation sites is 1. The van der Waals surface area contributed by atoms with Crippen molar-refractivity contribution in [2.45, 2.75) is 38.1 Å². The van der Waals surface area contributed by atoms with Crippen molar-refractivity contribution in [1.82, 2.24) is 10.6 Å². The minimum Gasteiger partial charge on any atom is -0.490 e. The summed E-state index contributed by atoms with van der Waals surface area (Å²) in [5.41, 5.74) is 1.65. The van der Waals surface area contributed by atoms with Crippen LogP contribution in [0.1, 0.15) is 52.8 Å². The molecule has 0 bridgehead atoms. The number of hydrogen-bond donors (Lipinski definition) is 3. The number of hydrogen-bond acceptors (Lipinski definition) is 5. The third kappa shape index (κ3) is 7.03. The van der Waals surface area contributed by atoms with Crippen molar-refractivity contribution in [2.24, 2.45) is 0 Å². The van der Waals surface area contributed by atoms with Gasteiger partial charge in [0, 0.05) is 24.4 Å². The SMILES string of the molecule is COCCOc1ccccc1C(=O)NC(=S)Nc1ccc(C(=O)NC2CCCCC2)cc1. The van der Waals surface area contributed by atoms with Crippen molar-refractivity contribution in [3.05, 3.63) is 59.7 Å². The van der Waals surface area contributed by atoms with E-state index in [-0.39, 0.29) is 23.0 Å². The third-order valence-corrected chi connectivity index (χ3v) is 5.45. The zero-order chi connectivity index (χ0) is 22.8. The topological polar surface area (TPSA) is 88.7 Å².